The number of amides is 1. The molecule has 1 amide bonds. The molecule has 0 radical (unpaired) electrons. The molecule has 0 aliphatic carbocycles. The van der Waals surface area contributed by atoms with Gasteiger partial charge in [-0.25, -0.2) is 0 Å². The number of aryl methyl sites for hydroxylation is 2. The molecule has 0 fully saturated rings. The molecule has 0 bridgehead atoms. The molecule has 0 saturated carbocycles. The number of rotatable bonds is 8. The summed E-state index contributed by atoms with van der Waals surface area (Å²) in [5.41, 5.74) is 1.29. The van der Waals surface area contributed by atoms with Crippen LogP contribution in [0.4, 0.5) is 0 Å². The first-order valence-corrected chi connectivity index (χ1v) is 8.75. The first-order valence-electron chi connectivity index (χ1n) is 7.94. The lowest BCUT2D eigenvalue weighted by atomic mass is 10.1. The van der Waals surface area contributed by atoms with Gasteiger partial charge in [-0.1, -0.05) is 30.3 Å². The molecule has 3 nitrogen and oxygen atoms in total. The molecule has 0 aliphatic rings. The Balaban J connectivity index is 1.69. The first-order chi connectivity index (χ1) is 11.1. The average molecular weight is 329 g/mol. The molecule has 0 atom stereocenters. The molecular formula is C19H23NO2S. The highest BCUT2D eigenvalue weighted by atomic mass is 32.1. The van der Waals surface area contributed by atoms with E-state index in [1.54, 1.807) is 4.90 Å². The van der Waals surface area contributed by atoms with E-state index in [9.17, 15) is 9.59 Å². The van der Waals surface area contributed by atoms with Gasteiger partial charge < -0.3 is 4.90 Å². The van der Waals surface area contributed by atoms with Gasteiger partial charge in [-0.15, -0.1) is 11.3 Å². The van der Waals surface area contributed by atoms with E-state index in [2.05, 4.69) is 12.1 Å². The monoisotopic (exact) mass is 329 g/mol. The average Bonchev–Trinajstić information content (AvgIpc) is 2.99. The summed E-state index contributed by atoms with van der Waals surface area (Å²) in [6, 6.07) is 14.0. The number of thiophene rings is 1. The standard InChI is InChI=1S/C19H23NO2S/c1-15-10-12-18(23-15)17(21)11-13-19(22)20(2)14-6-9-16-7-4-3-5-8-16/h3-5,7-8,10,12H,6,9,11,13-14H2,1-2H3. The number of hydrogen-bond acceptors (Lipinski definition) is 3. The summed E-state index contributed by atoms with van der Waals surface area (Å²) in [5, 5.41) is 0. The third-order valence-corrected chi connectivity index (χ3v) is 4.85. The highest BCUT2D eigenvalue weighted by Gasteiger charge is 2.13. The Morgan fingerprint density at radius 2 is 1.78 bits per heavy atom. The fourth-order valence-electron chi connectivity index (χ4n) is 2.41. The topological polar surface area (TPSA) is 37.4 Å². The van der Waals surface area contributed by atoms with Gasteiger partial charge in [-0.2, -0.15) is 0 Å². The van der Waals surface area contributed by atoms with Crippen LogP contribution >= 0.6 is 11.3 Å². The number of benzene rings is 1. The van der Waals surface area contributed by atoms with Gasteiger partial charge >= 0.3 is 0 Å². The van der Waals surface area contributed by atoms with Crippen LogP contribution in [0, 0.1) is 6.92 Å². The van der Waals surface area contributed by atoms with Gasteiger partial charge in [0.2, 0.25) is 5.91 Å². The SMILES string of the molecule is Cc1ccc(C(=O)CCC(=O)N(C)CCCc2ccccc2)s1. The van der Waals surface area contributed by atoms with Crippen molar-refractivity contribution >= 4 is 23.0 Å². The third kappa shape index (κ3) is 5.64. The lowest BCUT2D eigenvalue weighted by Gasteiger charge is -2.16. The summed E-state index contributed by atoms with van der Waals surface area (Å²) in [6.07, 6.45) is 2.48. The van der Waals surface area contributed by atoms with Crippen molar-refractivity contribution in [2.45, 2.75) is 32.6 Å². The molecule has 2 rings (SSSR count). The number of hydrogen-bond donors (Lipinski definition) is 0. The van der Waals surface area contributed by atoms with E-state index in [0.717, 1.165) is 29.1 Å². The lowest BCUT2D eigenvalue weighted by molar-refractivity contribution is -0.129. The van der Waals surface area contributed by atoms with Crippen molar-refractivity contribution in [1.82, 2.24) is 4.90 Å². The summed E-state index contributed by atoms with van der Waals surface area (Å²) < 4.78 is 0. The van der Waals surface area contributed by atoms with Crippen LogP contribution < -0.4 is 0 Å². The number of ketones is 1. The number of nitrogens with zero attached hydrogens (tertiary/aromatic N) is 1. The molecule has 1 aromatic carbocycles. The molecule has 1 heterocycles. The fraction of sp³-hybridized carbons (Fsp3) is 0.368. The molecule has 2 aromatic rings. The summed E-state index contributed by atoms with van der Waals surface area (Å²) in [7, 11) is 1.81. The second kappa shape index (κ2) is 8.63. The molecule has 0 N–H and O–H groups in total. The summed E-state index contributed by atoms with van der Waals surface area (Å²) in [6.45, 7) is 2.70. The summed E-state index contributed by atoms with van der Waals surface area (Å²) in [5.74, 6) is 0.105. The quantitative estimate of drug-likeness (QED) is 0.684. The molecule has 122 valence electrons. The smallest absolute Gasteiger partial charge is 0.222 e. The van der Waals surface area contributed by atoms with Crippen molar-refractivity contribution in [1.29, 1.82) is 0 Å². The molecule has 0 aliphatic heterocycles. The Morgan fingerprint density at radius 1 is 1.04 bits per heavy atom. The second-order valence-electron chi connectivity index (χ2n) is 5.74. The van der Waals surface area contributed by atoms with Crippen molar-refractivity contribution in [3.05, 3.63) is 57.8 Å². The molecule has 0 unspecified atom stereocenters. The van der Waals surface area contributed by atoms with E-state index in [0.29, 0.717) is 6.42 Å². The van der Waals surface area contributed by atoms with Crippen molar-refractivity contribution in [2.24, 2.45) is 0 Å². The number of Topliss-reactive ketones (excluding diaryl/α,β-unsaturated/α-hetero) is 1. The largest absolute Gasteiger partial charge is 0.346 e. The van der Waals surface area contributed by atoms with Crippen LogP contribution in [0.15, 0.2) is 42.5 Å². The lowest BCUT2D eigenvalue weighted by Crippen LogP contribution is -2.28. The zero-order valence-corrected chi connectivity index (χ0v) is 14.6. The van der Waals surface area contributed by atoms with Crippen LogP contribution in [-0.2, 0) is 11.2 Å². The molecule has 1 aromatic heterocycles. The number of carbonyl (C=O) groups is 2. The van der Waals surface area contributed by atoms with E-state index in [1.165, 1.54) is 16.9 Å². The zero-order valence-electron chi connectivity index (χ0n) is 13.7. The maximum Gasteiger partial charge on any atom is 0.222 e. The summed E-state index contributed by atoms with van der Waals surface area (Å²) >= 11 is 1.49. The molecule has 4 heteroatoms. The van der Waals surface area contributed by atoms with Gasteiger partial charge in [0, 0.05) is 31.3 Å². The predicted octanol–water partition coefficient (Wildman–Crippen LogP) is 4.11. The predicted molar refractivity (Wildman–Crippen MR) is 95.0 cm³/mol. The van der Waals surface area contributed by atoms with Crippen LogP contribution in [0.25, 0.3) is 0 Å². The van der Waals surface area contributed by atoms with Crippen LogP contribution in [0.1, 0.15) is 39.4 Å². The van der Waals surface area contributed by atoms with E-state index in [-0.39, 0.29) is 18.1 Å². The molecule has 23 heavy (non-hydrogen) atoms. The van der Waals surface area contributed by atoms with E-state index < -0.39 is 0 Å². The van der Waals surface area contributed by atoms with Crippen molar-refractivity contribution in [2.75, 3.05) is 13.6 Å². The van der Waals surface area contributed by atoms with Gasteiger partial charge in [-0.3, -0.25) is 9.59 Å². The van der Waals surface area contributed by atoms with Crippen LogP contribution in [0.3, 0.4) is 0 Å². The van der Waals surface area contributed by atoms with Crippen molar-refractivity contribution in [3.8, 4) is 0 Å². The number of carbonyl (C=O) groups excluding carboxylic acids is 2. The van der Waals surface area contributed by atoms with Crippen LogP contribution in [-0.4, -0.2) is 30.2 Å². The van der Waals surface area contributed by atoms with Crippen LogP contribution in [0.5, 0.6) is 0 Å². The normalized spacial score (nSPS) is 10.5. The first kappa shape index (κ1) is 17.4. The Kier molecular flexibility index (Phi) is 6.53. The Morgan fingerprint density at radius 3 is 2.43 bits per heavy atom. The second-order valence-corrected chi connectivity index (χ2v) is 7.03. The van der Waals surface area contributed by atoms with Gasteiger partial charge in [0.05, 0.1) is 4.88 Å². The van der Waals surface area contributed by atoms with Crippen molar-refractivity contribution < 1.29 is 9.59 Å². The van der Waals surface area contributed by atoms with Crippen LogP contribution in [0.2, 0.25) is 0 Å². The Bertz CT molecular complexity index is 648. The van der Waals surface area contributed by atoms with Gasteiger partial charge in [0.15, 0.2) is 5.78 Å². The third-order valence-electron chi connectivity index (χ3n) is 3.81. The summed E-state index contributed by atoms with van der Waals surface area (Å²) in [4.78, 5) is 27.7. The Labute approximate surface area is 141 Å². The molecule has 0 spiro atoms. The van der Waals surface area contributed by atoms with Crippen molar-refractivity contribution in [3.63, 3.8) is 0 Å². The van der Waals surface area contributed by atoms with E-state index in [1.807, 2.05) is 44.3 Å². The van der Waals surface area contributed by atoms with E-state index >= 15 is 0 Å². The zero-order chi connectivity index (χ0) is 16.7. The minimum atomic E-state index is 0.0414. The minimum Gasteiger partial charge on any atom is -0.346 e. The Hall–Kier alpha value is -1.94. The molecular weight excluding hydrogens is 306 g/mol. The fourth-order valence-corrected chi connectivity index (χ4v) is 3.24. The van der Waals surface area contributed by atoms with Gasteiger partial charge in [0.1, 0.15) is 0 Å². The highest BCUT2D eigenvalue weighted by molar-refractivity contribution is 7.14. The van der Waals surface area contributed by atoms with Gasteiger partial charge in [-0.05, 0) is 37.5 Å². The highest BCUT2D eigenvalue weighted by Crippen LogP contribution is 2.17. The maximum absolute atomic E-state index is 12.1. The maximum atomic E-state index is 12.1. The van der Waals surface area contributed by atoms with Gasteiger partial charge in [0.25, 0.3) is 0 Å². The van der Waals surface area contributed by atoms with E-state index in [4.69, 9.17) is 0 Å². The molecule has 0 saturated heterocycles. The minimum absolute atomic E-state index is 0.0414.